The SMILES string of the molecule is CC1=CC2=NC3(Cc4cc5ccccc5cc4C3)C(=O)N2S1. The van der Waals surface area contributed by atoms with Crippen LogP contribution in [0.25, 0.3) is 10.8 Å². The van der Waals surface area contributed by atoms with Crippen molar-refractivity contribution in [1.29, 1.82) is 0 Å². The number of nitrogens with zero attached hydrogens (tertiary/aromatic N) is 2. The fourth-order valence-electron chi connectivity index (χ4n) is 3.72. The van der Waals surface area contributed by atoms with E-state index in [9.17, 15) is 4.79 Å². The van der Waals surface area contributed by atoms with Crippen LogP contribution in [-0.2, 0) is 17.6 Å². The Morgan fingerprint density at radius 2 is 1.77 bits per heavy atom. The average Bonchev–Trinajstić information content (AvgIpc) is 3.10. The number of carbonyl (C=O) groups is 1. The second-order valence-corrected chi connectivity index (χ2v) is 7.46. The van der Waals surface area contributed by atoms with Gasteiger partial charge in [0, 0.05) is 17.7 Å². The number of carbonyl (C=O) groups excluding carboxylic acids is 1. The second-order valence-electron chi connectivity index (χ2n) is 6.27. The quantitative estimate of drug-likeness (QED) is 0.698. The van der Waals surface area contributed by atoms with E-state index in [1.165, 1.54) is 33.8 Å². The lowest BCUT2D eigenvalue weighted by Gasteiger charge is -2.19. The number of amides is 1. The molecule has 0 saturated heterocycles. The molecule has 5 rings (SSSR count). The van der Waals surface area contributed by atoms with Crippen molar-refractivity contribution in [2.24, 2.45) is 4.99 Å². The number of allylic oxidation sites excluding steroid dienone is 1. The molecule has 0 bridgehead atoms. The predicted octanol–water partition coefficient (Wildman–Crippen LogP) is 3.48. The maximum absolute atomic E-state index is 12.9. The third kappa shape index (κ3) is 1.53. The zero-order valence-corrected chi connectivity index (χ0v) is 13.0. The van der Waals surface area contributed by atoms with Crippen LogP contribution in [0.2, 0.25) is 0 Å². The van der Waals surface area contributed by atoms with E-state index < -0.39 is 5.54 Å². The van der Waals surface area contributed by atoms with Crippen molar-refractivity contribution in [3.63, 3.8) is 0 Å². The normalized spacial score (nSPS) is 21.3. The molecule has 108 valence electrons. The van der Waals surface area contributed by atoms with E-state index in [1.807, 2.05) is 13.0 Å². The Kier molecular flexibility index (Phi) is 2.28. The Morgan fingerprint density at radius 3 is 2.36 bits per heavy atom. The van der Waals surface area contributed by atoms with Crippen LogP contribution in [0.15, 0.2) is 52.4 Å². The van der Waals surface area contributed by atoms with Crippen LogP contribution < -0.4 is 0 Å². The fraction of sp³-hybridized carbons (Fsp3) is 0.222. The zero-order chi connectivity index (χ0) is 14.9. The van der Waals surface area contributed by atoms with E-state index in [-0.39, 0.29) is 5.91 Å². The Morgan fingerprint density at radius 1 is 1.14 bits per heavy atom. The number of rotatable bonds is 0. The van der Waals surface area contributed by atoms with Gasteiger partial charge in [-0.1, -0.05) is 36.4 Å². The van der Waals surface area contributed by atoms with E-state index in [0.29, 0.717) is 0 Å². The van der Waals surface area contributed by atoms with Gasteiger partial charge in [0.25, 0.3) is 5.91 Å². The van der Waals surface area contributed by atoms with E-state index in [2.05, 4.69) is 36.4 Å². The number of aliphatic imine (C=N–C) groups is 1. The molecule has 1 amide bonds. The molecule has 2 aromatic carbocycles. The molecule has 3 nitrogen and oxygen atoms in total. The summed E-state index contributed by atoms with van der Waals surface area (Å²) in [5.74, 6) is 0.964. The van der Waals surface area contributed by atoms with E-state index in [4.69, 9.17) is 4.99 Å². The maximum atomic E-state index is 12.9. The molecule has 2 heterocycles. The monoisotopic (exact) mass is 306 g/mol. The molecule has 0 fully saturated rings. The van der Waals surface area contributed by atoms with Gasteiger partial charge in [0.1, 0.15) is 5.84 Å². The van der Waals surface area contributed by atoms with Crippen molar-refractivity contribution in [1.82, 2.24) is 4.31 Å². The van der Waals surface area contributed by atoms with Gasteiger partial charge in [0.2, 0.25) is 0 Å². The number of benzene rings is 2. The predicted molar refractivity (Wildman–Crippen MR) is 89.7 cm³/mol. The lowest BCUT2D eigenvalue weighted by atomic mass is 9.97. The average molecular weight is 306 g/mol. The summed E-state index contributed by atoms with van der Waals surface area (Å²) < 4.78 is 1.76. The Hall–Kier alpha value is -2.07. The molecule has 1 spiro atoms. The van der Waals surface area contributed by atoms with Crippen LogP contribution in [0.4, 0.5) is 0 Å². The number of hydrogen-bond acceptors (Lipinski definition) is 3. The Bertz CT molecular complexity index is 868. The summed E-state index contributed by atoms with van der Waals surface area (Å²) in [5, 5.41) is 2.48. The minimum Gasteiger partial charge on any atom is -0.271 e. The highest BCUT2D eigenvalue weighted by Gasteiger charge is 2.52. The molecule has 4 heteroatoms. The van der Waals surface area contributed by atoms with Crippen molar-refractivity contribution in [3.8, 4) is 0 Å². The molecule has 3 aliphatic rings. The molecule has 0 atom stereocenters. The maximum Gasteiger partial charge on any atom is 0.267 e. The summed E-state index contributed by atoms with van der Waals surface area (Å²) in [5.41, 5.74) is 1.94. The summed E-state index contributed by atoms with van der Waals surface area (Å²) >= 11 is 1.50. The zero-order valence-electron chi connectivity index (χ0n) is 12.2. The molecule has 1 aliphatic carbocycles. The first-order valence-electron chi connectivity index (χ1n) is 7.46. The second kappa shape index (κ2) is 4.02. The van der Waals surface area contributed by atoms with Crippen LogP contribution >= 0.6 is 11.9 Å². The Labute approximate surface area is 132 Å². The van der Waals surface area contributed by atoms with E-state index >= 15 is 0 Å². The molecule has 2 aromatic rings. The smallest absolute Gasteiger partial charge is 0.267 e. The van der Waals surface area contributed by atoms with Gasteiger partial charge >= 0.3 is 0 Å². The molecule has 22 heavy (non-hydrogen) atoms. The third-order valence-electron chi connectivity index (χ3n) is 4.72. The molecule has 0 unspecified atom stereocenters. The van der Waals surface area contributed by atoms with Crippen LogP contribution in [0.1, 0.15) is 18.1 Å². The third-order valence-corrected chi connectivity index (χ3v) is 5.66. The number of hydrogen-bond donors (Lipinski definition) is 0. The minimum atomic E-state index is -0.598. The summed E-state index contributed by atoms with van der Waals surface area (Å²) in [7, 11) is 0. The highest BCUT2D eigenvalue weighted by molar-refractivity contribution is 8.02. The highest BCUT2D eigenvalue weighted by Crippen LogP contribution is 2.44. The van der Waals surface area contributed by atoms with Gasteiger partial charge in [-0.05, 0) is 46.8 Å². The fourth-order valence-corrected chi connectivity index (χ4v) is 4.61. The van der Waals surface area contributed by atoms with Crippen LogP contribution in [0.5, 0.6) is 0 Å². The van der Waals surface area contributed by atoms with Gasteiger partial charge in [0.15, 0.2) is 5.54 Å². The lowest BCUT2D eigenvalue weighted by molar-refractivity contribution is -0.127. The van der Waals surface area contributed by atoms with Crippen LogP contribution in [0, 0.1) is 0 Å². The van der Waals surface area contributed by atoms with Gasteiger partial charge in [0.05, 0.1) is 0 Å². The minimum absolute atomic E-state index is 0.140. The first-order chi connectivity index (χ1) is 10.6. The van der Waals surface area contributed by atoms with Gasteiger partial charge in [-0.15, -0.1) is 0 Å². The first-order valence-corrected chi connectivity index (χ1v) is 8.23. The first kappa shape index (κ1) is 12.5. The van der Waals surface area contributed by atoms with Crippen LogP contribution in [-0.4, -0.2) is 21.6 Å². The summed E-state index contributed by atoms with van der Waals surface area (Å²) in [6, 6.07) is 12.8. The van der Waals surface area contributed by atoms with E-state index in [0.717, 1.165) is 23.6 Å². The van der Waals surface area contributed by atoms with Gasteiger partial charge in [-0.2, -0.15) is 0 Å². The molecular weight excluding hydrogens is 292 g/mol. The highest BCUT2D eigenvalue weighted by atomic mass is 32.2. The van der Waals surface area contributed by atoms with Crippen molar-refractivity contribution in [3.05, 3.63) is 58.5 Å². The molecule has 0 saturated carbocycles. The van der Waals surface area contributed by atoms with Crippen molar-refractivity contribution in [2.45, 2.75) is 25.3 Å². The molecular formula is C18H14N2OS. The number of amidine groups is 1. The summed E-state index contributed by atoms with van der Waals surface area (Å²) in [6.45, 7) is 2.02. The lowest BCUT2D eigenvalue weighted by Crippen LogP contribution is -2.39. The van der Waals surface area contributed by atoms with Gasteiger partial charge in [-0.3, -0.25) is 4.79 Å². The molecule has 0 aromatic heterocycles. The number of fused-ring (bicyclic) bond motifs is 3. The molecule has 0 radical (unpaired) electrons. The Balaban J connectivity index is 1.62. The summed E-state index contributed by atoms with van der Waals surface area (Å²) in [6.07, 6.45) is 3.45. The van der Waals surface area contributed by atoms with Gasteiger partial charge in [-0.25, -0.2) is 9.30 Å². The van der Waals surface area contributed by atoms with Crippen molar-refractivity contribution in [2.75, 3.05) is 0 Å². The topological polar surface area (TPSA) is 32.7 Å². The molecule has 2 aliphatic heterocycles. The standard InChI is InChI=1S/C18H14N2OS/c1-11-6-16-19-18(17(21)20(16)22-11)9-14-7-12-4-2-3-5-13(12)8-15(14)10-18/h2-8H,9-10H2,1H3. The van der Waals surface area contributed by atoms with E-state index in [1.54, 1.807) is 4.31 Å². The van der Waals surface area contributed by atoms with Crippen molar-refractivity contribution < 1.29 is 4.79 Å². The summed E-state index contributed by atoms with van der Waals surface area (Å²) in [4.78, 5) is 18.8. The van der Waals surface area contributed by atoms with Crippen LogP contribution in [0.3, 0.4) is 0 Å². The largest absolute Gasteiger partial charge is 0.271 e. The molecule has 0 N–H and O–H groups in total. The van der Waals surface area contributed by atoms with Crippen molar-refractivity contribution >= 4 is 34.5 Å². The van der Waals surface area contributed by atoms with Gasteiger partial charge < -0.3 is 0 Å².